The van der Waals surface area contributed by atoms with Gasteiger partial charge in [-0.3, -0.25) is 0 Å². The Morgan fingerprint density at radius 1 is 1.30 bits per heavy atom. The highest BCUT2D eigenvalue weighted by Gasteiger charge is 2.23. The Hall–Kier alpha value is -1.32. The standard InChI is InChI=1S/C17H22N2S/c1-18-11-9-16(10-12-18)19(14-17-8-5-13-20-17)15-6-3-2-4-7-15/h2-8,13,16H,9-12,14H2,1H3/i2D,3D,4D,6D,7D. The molecule has 3 rings (SSSR count). The van der Waals surface area contributed by atoms with Gasteiger partial charge in [0.25, 0.3) is 0 Å². The third-order valence-corrected chi connectivity index (χ3v) is 4.67. The number of likely N-dealkylation sites (tertiary alicyclic amines) is 1. The van der Waals surface area contributed by atoms with Crippen LogP contribution in [0.3, 0.4) is 0 Å². The van der Waals surface area contributed by atoms with Gasteiger partial charge in [-0.25, -0.2) is 0 Å². The van der Waals surface area contributed by atoms with Crippen molar-refractivity contribution < 1.29 is 6.85 Å². The van der Waals surface area contributed by atoms with Crippen LogP contribution in [0, 0.1) is 0 Å². The average molecular weight is 291 g/mol. The first kappa shape index (κ1) is 8.85. The Morgan fingerprint density at radius 3 is 2.70 bits per heavy atom. The molecule has 0 radical (unpaired) electrons. The lowest BCUT2D eigenvalue weighted by atomic mass is 10.0. The lowest BCUT2D eigenvalue weighted by Gasteiger charge is -2.38. The highest BCUT2D eigenvalue weighted by atomic mass is 32.1. The van der Waals surface area contributed by atoms with Crippen molar-refractivity contribution in [2.45, 2.75) is 25.4 Å². The fourth-order valence-electron chi connectivity index (χ4n) is 2.65. The summed E-state index contributed by atoms with van der Waals surface area (Å²) in [6.07, 6.45) is 1.84. The Kier molecular flexibility index (Phi) is 2.84. The number of piperidine rings is 1. The molecular weight excluding hydrogens is 264 g/mol. The predicted octanol–water partition coefficient (Wildman–Crippen LogP) is 3.85. The van der Waals surface area contributed by atoms with E-state index in [9.17, 15) is 0 Å². The molecular formula is C17H22N2S. The Labute approximate surface area is 132 Å². The number of benzene rings is 1. The van der Waals surface area contributed by atoms with Crippen LogP contribution in [0.4, 0.5) is 5.69 Å². The summed E-state index contributed by atoms with van der Waals surface area (Å²) >= 11 is 1.63. The summed E-state index contributed by atoms with van der Waals surface area (Å²) < 4.78 is 40.5. The van der Waals surface area contributed by atoms with E-state index in [0.717, 1.165) is 30.8 Å². The molecule has 3 heteroatoms. The number of thiophene rings is 1. The van der Waals surface area contributed by atoms with Crippen molar-refractivity contribution in [1.82, 2.24) is 4.90 Å². The number of nitrogens with zero attached hydrogens (tertiary/aromatic N) is 2. The van der Waals surface area contributed by atoms with Crippen molar-refractivity contribution in [2.75, 3.05) is 25.0 Å². The number of rotatable bonds is 4. The second-order valence-electron chi connectivity index (χ2n) is 5.22. The Balaban J connectivity index is 2.05. The number of hydrogen-bond acceptors (Lipinski definition) is 3. The summed E-state index contributed by atoms with van der Waals surface area (Å²) in [4.78, 5) is 5.42. The quantitative estimate of drug-likeness (QED) is 0.844. The maximum atomic E-state index is 8.33. The SMILES string of the molecule is [2H]c1c([2H])c([2H])c(N(Cc2cccs2)C2CCN(C)CC2)c([2H])c1[2H]. The van der Waals surface area contributed by atoms with Gasteiger partial charge in [-0.05, 0) is 56.5 Å². The summed E-state index contributed by atoms with van der Waals surface area (Å²) in [6.45, 7) is 2.47. The summed E-state index contributed by atoms with van der Waals surface area (Å²) in [6, 6.07) is 3.10. The van der Waals surface area contributed by atoms with Crippen LogP contribution < -0.4 is 4.90 Å². The van der Waals surface area contributed by atoms with E-state index >= 15 is 0 Å². The molecule has 0 atom stereocenters. The molecule has 1 aliphatic heterocycles. The van der Waals surface area contributed by atoms with Crippen molar-refractivity contribution in [1.29, 1.82) is 0 Å². The lowest BCUT2D eigenvalue weighted by molar-refractivity contribution is 0.249. The number of anilines is 1. The topological polar surface area (TPSA) is 6.48 Å². The molecule has 0 spiro atoms. The third-order valence-electron chi connectivity index (χ3n) is 3.81. The normalized spacial score (nSPS) is 20.8. The fraction of sp³-hybridized carbons (Fsp3) is 0.412. The Bertz CT molecular complexity index is 713. The second kappa shape index (κ2) is 6.42. The Morgan fingerprint density at radius 2 is 2.05 bits per heavy atom. The molecule has 0 amide bonds. The molecule has 20 heavy (non-hydrogen) atoms. The molecule has 106 valence electrons. The van der Waals surface area contributed by atoms with Crippen LogP contribution in [0.15, 0.2) is 47.7 Å². The van der Waals surface area contributed by atoms with E-state index < -0.39 is 0 Å². The minimum atomic E-state index is -0.335. The van der Waals surface area contributed by atoms with Gasteiger partial charge in [-0.2, -0.15) is 0 Å². The van der Waals surface area contributed by atoms with Crippen molar-refractivity contribution in [3.63, 3.8) is 0 Å². The van der Waals surface area contributed by atoms with Gasteiger partial charge >= 0.3 is 0 Å². The predicted molar refractivity (Wildman–Crippen MR) is 87.5 cm³/mol. The molecule has 2 heterocycles. The lowest BCUT2D eigenvalue weighted by Crippen LogP contribution is -2.43. The molecule has 1 aromatic carbocycles. The van der Waals surface area contributed by atoms with E-state index in [1.54, 1.807) is 11.3 Å². The molecule has 0 saturated carbocycles. The van der Waals surface area contributed by atoms with Crippen LogP contribution in [0.1, 0.15) is 24.6 Å². The summed E-state index contributed by atoms with van der Waals surface area (Å²) in [5.74, 6) is 0. The van der Waals surface area contributed by atoms with Gasteiger partial charge in [0, 0.05) is 16.6 Å². The maximum absolute atomic E-state index is 8.33. The monoisotopic (exact) mass is 291 g/mol. The number of hydrogen-bond donors (Lipinski definition) is 0. The molecule has 1 aliphatic rings. The van der Waals surface area contributed by atoms with Gasteiger partial charge in [-0.15, -0.1) is 11.3 Å². The molecule has 2 nitrogen and oxygen atoms in total. The van der Waals surface area contributed by atoms with Crippen molar-refractivity contribution in [3.8, 4) is 0 Å². The van der Waals surface area contributed by atoms with E-state index in [-0.39, 0.29) is 36.3 Å². The van der Waals surface area contributed by atoms with Gasteiger partial charge in [0.15, 0.2) is 0 Å². The first-order chi connectivity index (χ1) is 11.9. The van der Waals surface area contributed by atoms with Gasteiger partial charge < -0.3 is 9.80 Å². The molecule has 0 aliphatic carbocycles. The van der Waals surface area contributed by atoms with E-state index in [0.29, 0.717) is 12.2 Å². The third kappa shape index (κ3) is 3.22. The fourth-order valence-corrected chi connectivity index (χ4v) is 3.36. The zero-order chi connectivity index (χ0) is 18.1. The smallest absolute Gasteiger partial charge is 0.0645 e. The van der Waals surface area contributed by atoms with Crippen LogP contribution in [0.5, 0.6) is 0 Å². The van der Waals surface area contributed by atoms with Crippen LogP contribution in [-0.4, -0.2) is 31.1 Å². The zero-order valence-corrected chi connectivity index (χ0v) is 12.5. The van der Waals surface area contributed by atoms with E-state index in [1.165, 1.54) is 0 Å². The van der Waals surface area contributed by atoms with E-state index in [4.69, 9.17) is 6.85 Å². The first-order valence-corrected chi connectivity index (χ1v) is 7.82. The maximum Gasteiger partial charge on any atom is 0.0645 e. The van der Waals surface area contributed by atoms with E-state index in [1.807, 2.05) is 22.4 Å². The van der Waals surface area contributed by atoms with Gasteiger partial charge in [0.1, 0.15) is 0 Å². The summed E-state index contributed by atoms with van der Waals surface area (Å²) in [5, 5.41) is 2.00. The van der Waals surface area contributed by atoms with Gasteiger partial charge in [-0.1, -0.05) is 24.2 Å². The van der Waals surface area contributed by atoms with Crippen LogP contribution in [0.2, 0.25) is 0 Å². The van der Waals surface area contributed by atoms with Crippen LogP contribution in [-0.2, 0) is 6.54 Å². The molecule has 2 aromatic rings. The highest BCUT2D eigenvalue weighted by Crippen LogP contribution is 2.26. The largest absolute Gasteiger partial charge is 0.363 e. The van der Waals surface area contributed by atoms with Gasteiger partial charge in [0.05, 0.1) is 13.4 Å². The average Bonchev–Trinajstić information content (AvgIpc) is 3.11. The number of para-hydroxylation sites is 1. The zero-order valence-electron chi connectivity index (χ0n) is 16.6. The molecule has 0 N–H and O–H groups in total. The molecule has 0 bridgehead atoms. The highest BCUT2D eigenvalue weighted by molar-refractivity contribution is 7.09. The van der Waals surface area contributed by atoms with Crippen molar-refractivity contribution in [3.05, 3.63) is 52.6 Å². The van der Waals surface area contributed by atoms with Gasteiger partial charge in [0.2, 0.25) is 0 Å². The van der Waals surface area contributed by atoms with E-state index in [2.05, 4.69) is 11.9 Å². The second-order valence-corrected chi connectivity index (χ2v) is 6.25. The van der Waals surface area contributed by atoms with Crippen LogP contribution in [0.25, 0.3) is 0 Å². The molecule has 1 saturated heterocycles. The summed E-state index contributed by atoms with van der Waals surface area (Å²) in [5.41, 5.74) is 0.328. The minimum absolute atomic E-state index is 0.110. The van der Waals surface area contributed by atoms with Crippen molar-refractivity contribution >= 4 is 17.0 Å². The van der Waals surface area contributed by atoms with Crippen LogP contribution >= 0.6 is 11.3 Å². The molecule has 0 unspecified atom stereocenters. The first-order valence-electron chi connectivity index (χ1n) is 9.44. The van der Waals surface area contributed by atoms with Crippen molar-refractivity contribution in [2.24, 2.45) is 0 Å². The molecule has 1 aromatic heterocycles. The molecule has 1 fully saturated rings. The minimum Gasteiger partial charge on any atom is -0.363 e. The summed E-state index contributed by atoms with van der Waals surface area (Å²) in [7, 11) is 2.09.